The van der Waals surface area contributed by atoms with Gasteiger partial charge in [-0.25, -0.2) is 13.2 Å². The predicted octanol–water partition coefficient (Wildman–Crippen LogP) is 3.17. The fourth-order valence-corrected chi connectivity index (χ4v) is 3.09. The molecule has 2 aromatic carbocycles. The van der Waals surface area contributed by atoms with Crippen molar-refractivity contribution in [1.82, 2.24) is 0 Å². The molecule has 0 spiro atoms. The summed E-state index contributed by atoms with van der Waals surface area (Å²) in [5.74, 6) is -1.06. The molecule has 1 N–H and O–H groups in total. The Hall–Kier alpha value is -2.38. The first kappa shape index (κ1) is 19.0. The van der Waals surface area contributed by atoms with E-state index in [1.165, 1.54) is 49.6 Å². The molecule has 0 radical (unpaired) electrons. The molecule has 132 valence electrons. The topological polar surface area (TPSA) is 89.5 Å². The van der Waals surface area contributed by atoms with Crippen LogP contribution in [0.5, 0.6) is 0 Å². The van der Waals surface area contributed by atoms with Gasteiger partial charge in [-0.1, -0.05) is 18.5 Å². The van der Waals surface area contributed by atoms with Gasteiger partial charge in [-0.15, -0.1) is 0 Å². The number of hydrogen-bond donors (Lipinski definition) is 1. The summed E-state index contributed by atoms with van der Waals surface area (Å²) >= 11 is 6.03. The third kappa shape index (κ3) is 4.37. The number of esters is 1. The highest BCUT2D eigenvalue weighted by atomic mass is 35.5. The van der Waals surface area contributed by atoms with Crippen molar-refractivity contribution >= 4 is 39.0 Å². The van der Waals surface area contributed by atoms with Crippen LogP contribution in [0.15, 0.2) is 47.4 Å². The molecule has 1 amide bonds. The fraction of sp³-hybridized carbons (Fsp3) is 0.176. The van der Waals surface area contributed by atoms with Crippen LogP contribution in [0.4, 0.5) is 5.69 Å². The number of carbonyl (C=O) groups excluding carboxylic acids is 2. The van der Waals surface area contributed by atoms with Crippen LogP contribution in [0.1, 0.15) is 27.6 Å². The van der Waals surface area contributed by atoms with E-state index in [0.29, 0.717) is 0 Å². The van der Waals surface area contributed by atoms with Crippen LogP contribution in [0.2, 0.25) is 5.02 Å². The number of nitrogens with one attached hydrogen (secondary N) is 1. The number of rotatable bonds is 5. The molecule has 0 bridgehead atoms. The van der Waals surface area contributed by atoms with E-state index in [1.807, 2.05) is 0 Å². The van der Waals surface area contributed by atoms with Crippen molar-refractivity contribution in [3.8, 4) is 0 Å². The largest absolute Gasteiger partial charge is 0.465 e. The quantitative estimate of drug-likeness (QED) is 0.803. The van der Waals surface area contributed by atoms with Crippen LogP contribution < -0.4 is 5.32 Å². The molecule has 0 unspecified atom stereocenters. The zero-order chi connectivity index (χ0) is 18.6. The smallest absolute Gasteiger partial charge is 0.337 e. The Labute approximate surface area is 150 Å². The standard InChI is InChI=1S/C17H16ClNO5S/c1-3-25(22,23)13-7-4-11(5-8-13)16(20)19-15-10-12(17(21)24-2)6-9-14(15)18/h4-10H,3H2,1-2H3,(H,19,20). The molecule has 0 aliphatic rings. The molecule has 0 saturated heterocycles. The Bertz CT molecular complexity index is 907. The molecule has 2 aromatic rings. The van der Waals surface area contributed by atoms with Crippen molar-refractivity contribution in [1.29, 1.82) is 0 Å². The number of ether oxygens (including phenoxy) is 1. The van der Waals surface area contributed by atoms with Crippen molar-refractivity contribution in [2.45, 2.75) is 11.8 Å². The summed E-state index contributed by atoms with van der Waals surface area (Å²) in [7, 11) is -2.08. The zero-order valence-corrected chi connectivity index (χ0v) is 15.1. The average Bonchev–Trinajstić information content (AvgIpc) is 2.62. The van der Waals surface area contributed by atoms with Gasteiger partial charge in [0.2, 0.25) is 0 Å². The van der Waals surface area contributed by atoms with Crippen molar-refractivity contribution in [2.75, 3.05) is 18.2 Å². The summed E-state index contributed by atoms with van der Waals surface area (Å²) in [4.78, 5) is 24.0. The molecule has 8 heteroatoms. The summed E-state index contributed by atoms with van der Waals surface area (Å²) < 4.78 is 28.2. The third-order valence-electron chi connectivity index (χ3n) is 3.49. The fourth-order valence-electron chi connectivity index (χ4n) is 2.04. The molecule has 25 heavy (non-hydrogen) atoms. The molecule has 0 fully saturated rings. The maximum atomic E-state index is 12.3. The molecular weight excluding hydrogens is 366 g/mol. The normalized spacial score (nSPS) is 11.0. The molecule has 0 aliphatic carbocycles. The highest BCUT2D eigenvalue weighted by Crippen LogP contribution is 2.24. The van der Waals surface area contributed by atoms with E-state index in [-0.39, 0.29) is 32.5 Å². The van der Waals surface area contributed by atoms with E-state index in [4.69, 9.17) is 11.6 Å². The van der Waals surface area contributed by atoms with Gasteiger partial charge < -0.3 is 10.1 Å². The van der Waals surface area contributed by atoms with Gasteiger partial charge in [-0.3, -0.25) is 4.79 Å². The minimum atomic E-state index is -3.33. The number of methoxy groups -OCH3 is 1. The van der Waals surface area contributed by atoms with E-state index in [1.54, 1.807) is 6.92 Å². The van der Waals surface area contributed by atoms with Crippen LogP contribution in [0.25, 0.3) is 0 Å². The van der Waals surface area contributed by atoms with Crippen molar-refractivity contribution < 1.29 is 22.7 Å². The van der Waals surface area contributed by atoms with Gasteiger partial charge in [-0.05, 0) is 42.5 Å². The van der Waals surface area contributed by atoms with Gasteiger partial charge >= 0.3 is 5.97 Å². The molecule has 0 aliphatic heterocycles. The Balaban J connectivity index is 2.24. The average molecular weight is 382 g/mol. The number of carbonyl (C=O) groups is 2. The molecule has 6 nitrogen and oxygen atoms in total. The second-order valence-corrected chi connectivity index (χ2v) is 7.75. The first-order valence-corrected chi connectivity index (χ1v) is 9.33. The summed E-state index contributed by atoms with van der Waals surface area (Å²) in [5.41, 5.74) is 0.751. The Kier molecular flexibility index (Phi) is 5.81. The van der Waals surface area contributed by atoms with E-state index in [2.05, 4.69) is 10.1 Å². The SMILES string of the molecule is CCS(=O)(=O)c1ccc(C(=O)Nc2cc(C(=O)OC)ccc2Cl)cc1. The summed E-state index contributed by atoms with van der Waals surface area (Å²) in [5, 5.41) is 2.85. The van der Waals surface area contributed by atoms with Crippen LogP contribution in [0.3, 0.4) is 0 Å². The first-order chi connectivity index (χ1) is 11.8. The second kappa shape index (κ2) is 7.67. The number of hydrogen-bond acceptors (Lipinski definition) is 5. The number of anilines is 1. The van der Waals surface area contributed by atoms with Gasteiger partial charge in [0.25, 0.3) is 5.91 Å². The van der Waals surface area contributed by atoms with Gasteiger partial charge in [-0.2, -0.15) is 0 Å². The molecule has 0 heterocycles. The lowest BCUT2D eigenvalue weighted by Gasteiger charge is -2.09. The minimum absolute atomic E-state index is 0.0194. The van der Waals surface area contributed by atoms with E-state index in [0.717, 1.165) is 0 Å². The monoisotopic (exact) mass is 381 g/mol. The highest BCUT2D eigenvalue weighted by Gasteiger charge is 2.15. The molecule has 0 aromatic heterocycles. The second-order valence-electron chi connectivity index (χ2n) is 5.07. The summed E-state index contributed by atoms with van der Waals surface area (Å²) in [6.45, 7) is 1.55. The van der Waals surface area contributed by atoms with Crippen LogP contribution in [-0.2, 0) is 14.6 Å². The summed E-state index contributed by atoms with van der Waals surface area (Å²) in [6.07, 6.45) is 0. The minimum Gasteiger partial charge on any atom is -0.465 e. The highest BCUT2D eigenvalue weighted by molar-refractivity contribution is 7.91. The Morgan fingerprint density at radius 3 is 2.24 bits per heavy atom. The Morgan fingerprint density at radius 2 is 1.68 bits per heavy atom. The summed E-state index contributed by atoms with van der Waals surface area (Å²) in [6, 6.07) is 9.93. The lowest BCUT2D eigenvalue weighted by Crippen LogP contribution is -2.13. The number of benzene rings is 2. The number of amides is 1. The van der Waals surface area contributed by atoms with Crippen molar-refractivity contribution in [3.05, 3.63) is 58.6 Å². The first-order valence-electron chi connectivity index (χ1n) is 7.30. The molecule has 0 saturated carbocycles. The Morgan fingerprint density at radius 1 is 1.08 bits per heavy atom. The molecule has 0 atom stereocenters. The van der Waals surface area contributed by atoms with Crippen LogP contribution in [-0.4, -0.2) is 33.2 Å². The van der Waals surface area contributed by atoms with Crippen molar-refractivity contribution in [2.24, 2.45) is 0 Å². The van der Waals surface area contributed by atoms with Gasteiger partial charge in [0.15, 0.2) is 9.84 Å². The molecular formula is C17H16ClNO5S. The van der Waals surface area contributed by atoms with Crippen molar-refractivity contribution in [3.63, 3.8) is 0 Å². The van der Waals surface area contributed by atoms with E-state index in [9.17, 15) is 18.0 Å². The number of sulfone groups is 1. The molecule has 2 rings (SSSR count). The van der Waals surface area contributed by atoms with Crippen LogP contribution >= 0.6 is 11.6 Å². The van der Waals surface area contributed by atoms with E-state index >= 15 is 0 Å². The van der Waals surface area contributed by atoms with Gasteiger partial charge in [0, 0.05) is 5.56 Å². The third-order valence-corrected chi connectivity index (χ3v) is 5.57. The lowest BCUT2D eigenvalue weighted by atomic mass is 10.1. The van der Waals surface area contributed by atoms with Crippen LogP contribution in [0, 0.1) is 0 Å². The van der Waals surface area contributed by atoms with E-state index < -0.39 is 21.7 Å². The van der Waals surface area contributed by atoms with Gasteiger partial charge in [0.1, 0.15) is 0 Å². The zero-order valence-electron chi connectivity index (χ0n) is 13.6. The lowest BCUT2D eigenvalue weighted by molar-refractivity contribution is 0.0600. The predicted molar refractivity (Wildman–Crippen MR) is 94.9 cm³/mol. The maximum absolute atomic E-state index is 12.3. The maximum Gasteiger partial charge on any atom is 0.337 e. The van der Waals surface area contributed by atoms with Gasteiger partial charge in [0.05, 0.1) is 34.0 Å². The number of halogens is 1.